The molecule has 0 unspecified atom stereocenters. The van der Waals surface area contributed by atoms with E-state index in [1.165, 1.54) is 0 Å². The number of carbonyl (C=O) groups excluding carboxylic acids is 1. The van der Waals surface area contributed by atoms with Gasteiger partial charge in [-0.05, 0) is 32.4 Å². The number of carbonyl (C=O) groups is 1. The van der Waals surface area contributed by atoms with Crippen molar-refractivity contribution in [1.29, 1.82) is 0 Å². The number of hydrogen-bond acceptors (Lipinski definition) is 3. The van der Waals surface area contributed by atoms with Gasteiger partial charge < -0.3 is 14.7 Å². The van der Waals surface area contributed by atoms with E-state index in [1.54, 1.807) is 18.7 Å². The maximum absolute atomic E-state index is 11.8. The molecule has 0 fully saturated rings. The van der Waals surface area contributed by atoms with E-state index in [9.17, 15) is 9.90 Å². The molecule has 0 saturated carbocycles. The lowest BCUT2D eigenvalue weighted by molar-refractivity contribution is -0.121. The Balaban J connectivity index is 2.18. The van der Waals surface area contributed by atoms with Crippen molar-refractivity contribution in [2.24, 2.45) is 0 Å². The van der Waals surface area contributed by atoms with E-state index in [0.29, 0.717) is 13.0 Å². The zero-order valence-electron chi connectivity index (χ0n) is 10.1. The molecule has 0 atom stereocenters. The molecule has 1 aliphatic heterocycles. The minimum Gasteiger partial charge on any atom is -0.482 e. The number of amides is 1. The highest BCUT2D eigenvalue weighted by atomic mass is 16.5. The van der Waals surface area contributed by atoms with E-state index in [2.05, 4.69) is 0 Å². The predicted octanol–water partition coefficient (Wildman–Crippen LogP) is 1.57. The van der Waals surface area contributed by atoms with Gasteiger partial charge in [0.2, 0.25) is 0 Å². The third-order valence-corrected chi connectivity index (χ3v) is 2.76. The van der Waals surface area contributed by atoms with E-state index in [4.69, 9.17) is 4.74 Å². The summed E-state index contributed by atoms with van der Waals surface area (Å²) in [5.74, 6) is 0.663. The zero-order chi connectivity index (χ0) is 12.5. The van der Waals surface area contributed by atoms with E-state index < -0.39 is 5.60 Å². The van der Waals surface area contributed by atoms with Crippen LogP contribution in [0.4, 0.5) is 5.69 Å². The number of rotatable bonds is 3. The summed E-state index contributed by atoms with van der Waals surface area (Å²) in [6.45, 7) is 4.05. The molecule has 1 aromatic rings. The summed E-state index contributed by atoms with van der Waals surface area (Å²) in [7, 11) is 0. The molecule has 92 valence electrons. The average Bonchev–Trinajstić information content (AvgIpc) is 2.26. The highest BCUT2D eigenvalue weighted by molar-refractivity contribution is 5.97. The maximum Gasteiger partial charge on any atom is 0.265 e. The Morgan fingerprint density at radius 1 is 1.41 bits per heavy atom. The third kappa shape index (κ3) is 2.77. The van der Waals surface area contributed by atoms with Gasteiger partial charge in [0.05, 0.1) is 11.3 Å². The first kappa shape index (κ1) is 11.9. The minimum absolute atomic E-state index is 0.0621. The van der Waals surface area contributed by atoms with Crippen LogP contribution in [0.1, 0.15) is 20.3 Å². The minimum atomic E-state index is -0.770. The number of para-hydroxylation sites is 2. The van der Waals surface area contributed by atoms with E-state index in [0.717, 1.165) is 11.4 Å². The van der Waals surface area contributed by atoms with Gasteiger partial charge in [-0.15, -0.1) is 0 Å². The molecular formula is C13H17NO3. The Bertz CT molecular complexity index is 423. The zero-order valence-corrected chi connectivity index (χ0v) is 10.1. The fourth-order valence-electron chi connectivity index (χ4n) is 1.78. The number of hydrogen-bond donors (Lipinski definition) is 1. The second kappa shape index (κ2) is 4.37. The quantitative estimate of drug-likeness (QED) is 0.865. The summed E-state index contributed by atoms with van der Waals surface area (Å²) >= 11 is 0. The Hall–Kier alpha value is -1.55. The molecule has 0 spiro atoms. The van der Waals surface area contributed by atoms with Crippen molar-refractivity contribution >= 4 is 11.6 Å². The van der Waals surface area contributed by atoms with Crippen molar-refractivity contribution in [3.63, 3.8) is 0 Å². The van der Waals surface area contributed by atoms with Crippen molar-refractivity contribution in [2.75, 3.05) is 18.1 Å². The van der Waals surface area contributed by atoms with Gasteiger partial charge in [0.1, 0.15) is 5.75 Å². The fourth-order valence-corrected chi connectivity index (χ4v) is 1.78. The molecular weight excluding hydrogens is 218 g/mol. The number of ether oxygens (including phenoxy) is 1. The number of benzene rings is 1. The molecule has 0 saturated heterocycles. The van der Waals surface area contributed by atoms with Gasteiger partial charge >= 0.3 is 0 Å². The predicted molar refractivity (Wildman–Crippen MR) is 65.2 cm³/mol. The van der Waals surface area contributed by atoms with Gasteiger partial charge in [0, 0.05) is 6.54 Å². The summed E-state index contributed by atoms with van der Waals surface area (Å²) in [4.78, 5) is 13.5. The van der Waals surface area contributed by atoms with Crippen molar-refractivity contribution in [3.8, 4) is 5.75 Å². The number of nitrogens with zero attached hydrogens (tertiary/aromatic N) is 1. The normalized spacial score (nSPS) is 15.5. The SMILES string of the molecule is CC(C)(O)CCN1C(=O)COc2ccccc21. The standard InChI is InChI=1S/C13H17NO3/c1-13(2,16)7-8-14-10-5-3-4-6-11(10)17-9-12(14)15/h3-6,16H,7-9H2,1-2H3. The van der Waals surface area contributed by atoms with Crippen LogP contribution in [0, 0.1) is 0 Å². The highest BCUT2D eigenvalue weighted by Gasteiger charge is 2.26. The molecule has 0 aromatic heterocycles. The Labute approximate surface area is 101 Å². The van der Waals surface area contributed by atoms with Crippen LogP contribution in [0.15, 0.2) is 24.3 Å². The molecule has 4 heteroatoms. The number of fused-ring (bicyclic) bond motifs is 1. The van der Waals surface area contributed by atoms with Gasteiger partial charge in [0.15, 0.2) is 6.61 Å². The molecule has 0 aliphatic carbocycles. The summed E-state index contributed by atoms with van der Waals surface area (Å²) in [6, 6.07) is 7.45. The van der Waals surface area contributed by atoms with Gasteiger partial charge in [0.25, 0.3) is 5.91 Å². The van der Waals surface area contributed by atoms with E-state index >= 15 is 0 Å². The third-order valence-electron chi connectivity index (χ3n) is 2.76. The Kier molecular flexibility index (Phi) is 3.07. The monoisotopic (exact) mass is 235 g/mol. The van der Waals surface area contributed by atoms with Crippen LogP contribution in [0.2, 0.25) is 0 Å². The molecule has 2 rings (SSSR count). The summed E-state index contributed by atoms with van der Waals surface area (Å²) in [5, 5.41) is 9.71. The second-order valence-corrected chi connectivity index (χ2v) is 4.86. The lowest BCUT2D eigenvalue weighted by Crippen LogP contribution is -2.41. The molecule has 1 heterocycles. The van der Waals surface area contributed by atoms with Crippen LogP contribution in [0.3, 0.4) is 0 Å². The summed E-state index contributed by atoms with van der Waals surface area (Å²) in [5.41, 5.74) is 0.0149. The number of anilines is 1. The van der Waals surface area contributed by atoms with Crippen LogP contribution in [-0.2, 0) is 4.79 Å². The van der Waals surface area contributed by atoms with Crippen molar-refractivity contribution in [3.05, 3.63) is 24.3 Å². The number of aliphatic hydroxyl groups is 1. The highest BCUT2D eigenvalue weighted by Crippen LogP contribution is 2.31. The average molecular weight is 235 g/mol. The largest absolute Gasteiger partial charge is 0.482 e. The van der Waals surface area contributed by atoms with Crippen LogP contribution in [-0.4, -0.2) is 29.8 Å². The van der Waals surface area contributed by atoms with Crippen molar-refractivity contribution < 1.29 is 14.6 Å². The topological polar surface area (TPSA) is 49.8 Å². The summed E-state index contributed by atoms with van der Waals surface area (Å²) < 4.78 is 5.34. The first-order valence-corrected chi connectivity index (χ1v) is 5.72. The molecule has 0 radical (unpaired) electrons. The van der Waals surface area contributed by atoms with E-state index in [-0.39, 0.29) is 12.5 Å². The molecule has 0 bridgehead atoms. The van der Waals surface area contributed by atoms with Crippen molar-refractivity contribution in [1.82, 2.24) is 0 Å². The van der Waals surface area contributed by atoms with Crippen LogP contribution in [0.5, 0.6) is 5.75 Å². The van der Waals surface area contributed by atoms with Gasteiger partial charge in [-0.25, -0.2) is 0 Å². The smallest absolute Gasteiger partial charge is 0.265 e. The first-order chi connectivity index (χ1) is 7.97. The first-order valence-electron chi connectivity index (χ1n) is 5.72. The lowest BCUT2D eigenvalue weighted by Gasteiger charge is -2.31. The van der Waals surface area contributed by atoms with Crippen LogP contribution in [0.25, 0.3) is 0 Å². The molecule has 1 aromatic carbocycles. The van der Waals surface area contributed by atoms with Crippen molar-refractivity contribution in [2.45, 2.75) is 25.9 Å². The second-order valence-electron chi connectivity index (χ2n) is 4.86. The van der Waals surface area contributed by atoms with E-state index in [1.807, 2.05) is 24.3 Å². The Morgan fingerprint density at radius 3 is 2.82 bits per heavy atom. The molecule has 1 aliphatic rings. The van der Waals surface area contributed by atoms with Crippen LogP contribution >= 0.6 is 0 Å². The lowest BCUT2D eigenvalue weighted by atomic mass is 10.0. The van der Waals surface area contributed by atoms with Gasteiger partial charge in [-0.2, -0.15) is 0 Å². The summed E-state index contributed by atoms with van der Waals surface area (Å²) in [6.07, 6.45) is 0.535. The maximum atomic E-state index is 11.8. The molecule has 4 nitrogen and oxygen atoms in total. The molecule has 1 N–H and O–H groups in total. The fraction of sp³-hybridized carbons (Fsp3) is 0.462. The van der Waals surface area contributed by atoms with Crippen LogP contribution < -0.4 is 9.64 Å². The molecule has 17 heavy (non-hydrogen) atoms. The van der Waals surface area contributed by atoms with Gasteiger partial charge in [-0.1, -0.05) is 12.1 Å². The molecule has 1 amide bonds. The van der Waals surface area contributed by atoms with Gasteiger partial charge in [-0.3, -0.25) is 4.79 Å². The Morgan fingerprint density at radius 2 is 2.12 bits per heavy atom.